The molecule has 31 heavy (non-hydrogen) atoms. The summed E-state index contributed by atoms with van der Waals surface area (Å²) in [6.45, 7) is 8.60. The Kier molecular flexibility index (Phi) is 5.91. The van der Waals surface area contributed by atoms with Crippen LogP contribution in [0.1, 0.15) is 40.2 Å². The summed E-state index contributed by atoms with van der Waals surface area (Å²) in [7, 11) is -4.17. The van der Waals surface area contributed by atoms with Crippen LogP contribution in [0.4, 0.5) is 5.69 Å². The molecule has 0 spiro atoms. The van der Waals surface area contributed by atoms with E-state index in [4.69, 9.17) is 4.74 Å². The molecule has 0 aliphatic heterocycles. The summed E-state index contributed by atoms with van der Waals surface area (Å²) in [5, 5.41) is 1.01. The molecule has 162 valence electrons. The van der Waals surface area contributed by atoms with Crippen molar-refractivity contribution in [2.75, 3.05) is 4.31 Å². The first-order chi connectivity index (χ1) is 14.4. The summed E-state index contributed by atoms with van der Waals surface area (Å²) < 4.78 is 33.0. The highest BCUT2D eigenvalue weighted by atomic mass is 32.2. The molecule has 0 aliphatic rings. The first-order valence-corrected chi connectivity index (χ1v) is 11.2. The molecule has 0 atom stereocenters. The maximum atomic E-state index is 13.5. The molecule has 3 aromatic carbocycles. The van der Waals surface area contributed by atoms with Gasteiger partial charge >= 0.3 is 5.97 Å². The number of fused-ring (bicyclic) bond motifs is 1. The van der Waals surface area contributed by atoms with Crippen LogP contribution in [0.15, 0.2) is 65.6 Å². The number of anilines is 1. The predicted octanol–water partition coefficient (Wildman–Crippen LogP) is 4.80. The summed E-state index contributed by atoms with van der Waals surface area (Å²) >= 11 is 0. The zero-order valence-electron chi connectivity index (χ0n) is 18.2. The number of carbonyl (C=O) groups is 2. The second-order valence-electron chi connectivity index (χ2n) is 8.28. The van der Waals surface area contributed by atoms with E-state index in [0.717, 1.165) is 9.87 Å². The zero-order valence-corrected chi connectivity index (χ0v) is 19.0. The number of benzene rings is 3. The van der Waals surface area contributed by atoms with Crippen LogP contribution in [-0.2, 0) is 25.0 Å². The SMILES string of the molecule is CC(=O)Oc1ccc(N(C(C)=O)S(=O)(=O)c2ccc(C(C)(C)C)cc2)c2ccccc12. The molecule has 0 aromatic heterocycles. The second kappa shape index (κ2) is 8.15. The Morgan fingerprint density at radius 1 is 0.839 bits per heavy atom. The van der Waals surface area contributed by atoms with E-state index in [2.05, 4.69) is 0 Å². The van der Waals surface area contributed by atoms with Crippen LogP contribution in [0.25, 0.3) is 10.8 Å². The highest BCUT2D eigenvalue weighted by molar-refractivity contribution is 7.93. The monoisotopic (exact) mass is 439 g/mol. The van der Waals surface area contributed by atoms with Crippen molar-refractivity contribution in [3.8, 4) is 5.75 Å². The van der Waals surface area contributed by atoms with Gasteiger partial charge in [0.1, 0.15) is 5.75 Å². The van der Waals surface area contributed by atoms with E-state index in [9.17, 15) is 18.0 Å². The van der Waals surface area contributed by atoms with Gasteiger partial charge in [-0.3, -0.25) is 9.59 Å². The fraction of sp³-hybridized carbons (Fsp3) is 0.250. The highest BCUT2D eigenvalue weighted by Crippen LogP contribution is 2.36. The fourth-order valence-electron chi connectivity index (χ4n) is 3.38. The van der Waals surface area contributed by atoms with Crippen molar-refractivity contribution in [2.24, 2.45) is 0 Å². The van der Waals surface area contributed by atoms with Crippen molar-refractivity contribution >= 4 is 38.4 Å². The van der Waals surface area contributed by atoms with Crippen LogP contribution in [0, 0.1) is 0 Å². The van der Waals surface area contributed by atoms with Gasteiger partial charge in [0.05, 0.1) is 10.6 Å². The number of ether oxygens (including phenoxy) is 1. The highest BCUT2D eigenvalue weighted by Gasteiger charge is 2.31. The van der Waals surface area contributed by atoms with E-state index >= 15 is 0 Å². The van der Waals surface area contributed by atoms with E-state index in [1.165, 1.54) is 38.1 Å². The molecule has 0 saturated heterocycles. The van der Waals surface area contributed by atoms with Gasteiger partial charge in [-0.15, -0.1) is 0 Å². The number of nitrogens with zero attached hydrogens (tertiary/aromatic N) is 1. The standard InChI is InChI=1S/C24H25NO5S/c1-16(26)25(31(28,29)19-12-10-18(11-13-19)24(3,4)5)22-14-15-23(30-17(2)27)21-9-7-6-8-20(21)22/h6-15H,1-5H3. The topological polar surface area (TPSA) is 80.8 Å². The van der Waals surface area contributed by atoms with Crippen LogP contribution in [-0.4, -0.2) is 20.3 Å². The number of carbonyl (C=O) groups excluding carboxylic acids is 2. The average Bonchev–Trinajstić information content (AvgIpc) is 2.68. The number of rotatable bonds is 4. The average molecular weight is 440 g/mol. The van der Waals surface area contributed by atoms with Crippen LogP contribution in [0.2, 0.25) is 0 Å². The molecule has 1 amide bonds. The van der Waals surface area contributed by atoms with E-state index < -0.39 is 21.9 Å². The Hall–Kier alpha value is -3.19. The minimum Gasteiger partial charge on any atom is -0.426 e. The lowest BCUT2D eigenvalue weighted by Gasteiger charge is -2.24. The summed E-state index contributed by atoms with van der Waals surface area (Å²) in [6, 6.07) is 16.4. The van der Waals surface area contributed by atoms with Gasteiger partial charge in [0.25, 0.3) is 10.0 Å². The third-order valence-electron chi connectivity index (χ3n) is 4.88. The molecular formula is C24H25NO5S. The quantitative estimate of drug-likeness (QED) is 0.431. The van der Waals surface area contributed by atoms with Crippen molar-refractivity contribution < 1.29 is 22.7 Å². The molecule has 7 heteroatoms. The van der Waals surface area contributed by atoms with E-state index in [1.54, 1.807) is 36.4 Å². The Morgan fingerprint density at radius 2 is 1.42 bits per heavy atom. The summed E-state index contributed by atoms with van der Waals surface area (Å²) in [6.07, 6.45) is 0. The van der Waals surface area contributed by atoms with Crippen molar-refractivity contribution in [1.82, 2.24) is 0 Å². The Bertz CT molecular complexity index is 1260. The number of hydrogen-bond acceptors (Lipinski definition) is 5. The fourth-order valence-corrected chi connectivity index (χ4v) is 4.82. The molecule has 0 radical (unpaired) electrons. The Labute approximate surface area is 182 Å². The summed E-state index contributed by atoms with van der Waals surface area (Å²) in [5.74, 6) is -0.847. The lowest BCUT2D eigenvalue weighted by molar-refractivity contribution is -0.131. The predicted molar refractivity (Wildman–Crippen MR) is 121 cm³/mol. The number of sulfonamides is 1. The van der Waals surface area contributed by atoms with Crippen LogP contribution >= 0.6 is 0 Å². The molecular weight excluding hydrogens is 414 g/mol. The third-order valence-corrected chi connectivity index (χ3v) is 6.68. The Morgan fingerprint density at radius 3 is 1.94 bits per heavy atom. The second-order valence-corrected chi connectivity index (χ2v) is 10.1. The van der Waals surface area contributed by atoms with Crippen molar-refractivity contribution in [1.29, 1.82) is 0 Å². The maximum Gasteiger partial charge on any atom is 0.308 e. The molecule has 3 rings (SSSR count). The normalized spacial score (nSPS) is 11.9. The minimum absolute atomic E-state index is 0.0174. The van der Waals surface area contributed by atoms with Crippen LogP contribution < -0.4 is 9.04 Å². The molecule has 0 unspecified atom stereocenters. The van der Waals surface area contributed by atoms with Crippen LogP contribution in [0.5, 0.6) is 5.75 Å². The number of esters is 1. The van der Waals surface area contributed by atoms with E-state index in [1.807, 2.05) is 20.8 Å². The molecule has 6 nitrogen and oxygen atoms in total. The molecule has 0 aliphatic carbocycles. The molecule has 0 saturated carbocycles. The van der Waals surface area contributed by atoms with Gasteiger partial charge in [0.2, 0.25) is 5.91 Å². The van der Waals surface area contributed by atoms with Gasteiger partial charge in [0, 0.05) is 24.6 Å². The number of hydrogen-bond donors (Lipinski definition) is 0. The summed E-state index contributed by atoms with van der Waals surface area (Å²) in [5.41, 5.74) is 1.04. The van der Waals surface area contributed by atoms with Crippen molar-refractivity contribution in [3.05, 3.63) is 66.2 Å². The van der Waals surface area contributed by atoms with Crippen molar-refractivity contribution in [2.45, 2.75) is 44.9 Å². The molecule has 0 heterocycles. The molecule has 0 N–H and O–H groups in total. The van der Waals surface area contributed by atoms with Gasteiger partial charge in [0.15, 0.2) is 0 Å². The maximum absolute atomic E-state index is 13.5. The van der Waals surface area contributed by atoms with Gasteiger partial charge < -0.3 is 4.74 Å². The number of amides is 1. The zero-order chi connectivity index (χ0) is 23.0. The molecule has 3 aromatic rings. The largest absolute Gasteiger partial charge is 0.426 e. The van der Waals surface area contributed by atoms with Gasteiger partial charge in [-0.1, -0.05) is 57.2 Å². The van der Waals surface area contributed by atoms with Gasteiger partial charge in [-0.25, -0.2) is 12.7 Å². The summed E-state index contributed by atoms with van der Waals surface area (Å²) in [4.78, 5) is 24.0. The van der Waals surface area contributed by atoms with Crippen molar-refractivity contribution in [3.63, 3.8) is 0 Å². The van der Waals surface area contributed by atoms with Crippen LogP contribution in [0.3, 0.4) is 0 Å². The smallest absolute Gasteiger partial charge is 0.308 e. The lowest BCUT2D eigenvalue weighted by atomic mass is 9.87. The van der Waals surface area contributed by atoms with E-state index in [0.29, 0.717) is 16.5 Å². The lowest BCUT2D eigenvalue weighted by Crippen LogP contribution is -2.35. The third kappa shape index (κ3) is 4.46. The molecule has 0 bridgehead atoms. The first kappa shape index (κ1) is 22.5. The van der Waals surface area contributed by atoms with Gasteiger partial charge in [-0.05, 0) is 35.2 Å². The van der Waals surface area contributed by atoms with E-state index in [-0.39, 0.29) is 16.0 Å². The van der Waals surface area contributed by atoms with Gasteiger partial charge in [-0.2, -0.15) is 0 Å². The Balaban J connectivity index is 2.18. The minimum atomic E-state index is -4.17. The first-order valence-electron chi connectivity index (χ1n) is 9.79. The molecule has 0 fully saturated rings.